The summed E-state index contributed by atoms with van der Waals surface area (Å²) in [6.45, 7) is 11.7. The van der Waals surface area contributed by atoms with Crippen molar-refractivity contribution in [2.75, 3.05) is 5.32 Å². The van der Waals surface area contributed by atoms with E-state index in [-0.39, 0.29) is 11.3 Å². The molecule has 0 saturated carbocycles. The van der Waals surface area contributed by atoms with Crippen LogP contribution in [0.3, 0.4) is 0 Å². The molecule has 0 saturated heterocycles. The van der Waals surface area contributed by atoms with Crippen molar-refractivity contribution in [1.82, 2.24) is 4.98 Å². The second-order valence-electron chi connectivity index (χ2n) is 4.19. The highest BCUT2D eigenvalue weighted by molar-refractivity contribution is 7.15. The second kappa shape index (κ2) is 6.63. The fourth-order valence-electron chi connectivity index (χ4n) is 0.813. The molecule has 0 fully saturated rings. The van der Waals surface area contributed by atoms with Crippen LogP contribution in [-0.4, -0.2) is 10.9 Å². The van der Waals surface area contributed by atoms with Crippen molar-refractivity contribution in [3.05, 3.63) is 11.1 Å². The lowest BCUT2D eigenvalue weighted by molar-refractivity contribution is -0.123. The fraction of sp³-hybridized carbons (Fsp3) is 0.667. The molecule has 92 valence electrons. The molecule has 1 aromatic rings. The minimum Gasteiger partial charge on any atom is -0.302 e. The summed E-state index contributed by atoms with van der Waals surface area (Å²) in [4.78, 5) is 16.9. The molecule has 1 N–H and O–H groups in total. The Bertz CT molecular complexity index is 326. The first-order valence-electron chi connectivity index (χ1n) is 5.69. The van der Waals surface area contributed by atoms with E-state index in [9.17, 15) is 4.79 Å². The number of nitrogens with one attached hydrogen (secondary N) is 1. The molecule has 1 aromatic heterocycles. The van der Waals surface area contributed by atoms with Crippen molar-refractivity contribution in [1.29, 1.82) is 0 Å². The molecule has 3 nitrogen and oxygen atoms in total. The Kier molecular flexibility index (Phi) is 6.26. The van der Waals surface area contributed by atoms with Gasteiger partial charge in [0.2, 0.25) is 5.91 Å². The van der Waals surface area contributed by atoms with Gasteiger partial charge < -0.3 is 5.32 Å². The Hall–Kier alpha value is -0.900. The van der Waals surface area contributed by atoms with Crippen molar-refractivity contribution < 1.29 is 4.79 Å². The van der Waals surface area contributed by atoms with E-state index in [0.717, 1.165) is 6.42 Å². The predicted molar refractivity (Wildman–Crippen MR) is 70.9 cm³/mol. The van der Waals surface area contributed by atoms with Gasteiger partial charge in [0.1, 0.15) is 0 Å². The molecule has 0 bridgehead atoms. The van der Waals surface area contributed by atoms with Gasteiger partial charge in [0.15, 0.2) is 5.13 Å². The molecule has 0 aliphatic rings. The topological polar surface area (TPSA) is 42.0 Å². The van der Waals surface area contributed by atoms with Crippen LogP contribution in [0.15, 0.2) is 6.20 Å². The Balaban J connectivity index is 0.00000106. The number of aromatic nitrogens is 1. The highest BCUT2D eigenvalue weighted by Gasteiger charge is 2.21. The first-order valence-corrected chi connectivity index (χ1v) is 6.51. The van der Waals surface area contributed by atoms with Crippen LogP contribution in [0, 0.1) is 5.41 Å². The summed E-state index contributed by atoms with van der Waals surface area (Å²) in [5.41, 5.74) is -0.363. The van der Waals surface area contributed by atoms with Gasteiger partial charge in [0.05, 0.1) is 0 Å². The molecule has 0 radical (unpaired) electrons. The van der Waals surface area contributed by atoms with E-state index in [1.54, 1.807) is 0 Å². The van der Waals surface area contributed by atoms with Gasteiger partial charge in [-0.05, 0) is 6.42 Å². The summed E-state index contributed by atoms with van der Waals surface area (Å²) < 4.78 is 0. The summed E-state index contributed by atoms with van der Waals surface area (Å²) in [7, 11) is 0. The molecule has 0 aliphatic carbocycles. The average molecular weight is 242 g/mol. The Morgan fingerprint density at radius 1 is 1.44 bits per heavy atom. The molecule has 1 rings (SSSR count). The number of carbonyl (C=O) groups is 1. The quantitative estimate of drug-likeness (QED) is 0.859. The van der Waals surface area contributed by atoms with E-state index in [1.165, 1.54) is 16.2 Å². The first-order chi connectivity index (χ1) is 7.43. The van der Waals surface area contributed by atoms with Crippen molar-refractivity contribution in [3.8, 4) is 0 Å². The van der Waals surface area contributed by atoms with Crippen LogP contribution in [0.4, 0.5) is 5.13 Å². The van der Waals surface area contributed by atoms with Crippen LogP contribution < -0.4 is 5.32 Å². The zero-order chi connectivity index (χ0) is 12.8. The number of anilines is 1. The van der Waals surface area contributed by atoms with Gasteiger partial charge in [-0.15, -0.1) is 11.3 Å². The maximum absolute atomic E-state index is 11.6. The smallest absolute Gasteiger partial charge is 0.231 e. The van der Waals surface area contributed by atoms with Gasteiger partial charge in [-0.3, -0.25) is 4.79 Å². The van der Waals surface area contributed by atoms with Gasteiger partial charge in [-0.25, -0.2) is 4.98 Å². The van der Waals surface area contributed by atoms with Gasteiger partial charge in [-0.2, -0.15) is 0 Å². The largest absolute Gasteiger partial charge is 0.302 e. The van der Waals surface area contributed by atoms with Gasteiger partial charge in [0, 0.05) is 16.5 Å². The molecular weight excluding hydrogens is 220 g/mol. The van der Waals surface area contributed by atoms with E-state index in [0.29, 0.717) is 5.13 Å². The van der Waals surface area contributed by atoms with Crippen LogP contribution >= 0.6 is 11.3 Å². The molecule has 0 aliphatic heterocycles. The van der Waals surface area contributed by atoms with E-state index >= 15 is 0 Å². The maximum atomic E-state index is 11.6. The summed E-state index contributed by atoms with van der Waals surface area (Å²) in [5.74, 6) is 0.00880. The highest BCUT2D eigenvalue weighted by Crippen LogP contribution is 2.21. The summed E-state index contributed by atoms with van der Waals surface area (Å²) in [6, 6.07) is 0. The number of hydrogen-bond donors (Lipinski definition) is 1. The zero-order valence-electron chi connectivity index (χ0n) is 11.0. The van der Waals surface area contributed by atoms with Crippen LogP contribution in [0.1, 0.15) is 46.4 Å². The van der Waals surface area contributed by atoms with Gasteiger partial charge in [0.25, 0.3) is 0 Å². The number of thiazole rings is 1. The molecule has 0 spiro atoms. The lowest BCUT2D eigenvalue weighted by Gasteiger charge is -2.15. The lowest BCUT2D eigenvalue weighted by atomic mass is 9.96. The van der Waals surface area contributed by atoms with Crippen molar-refractivity contribution in [3.63, 3.8) is 0 Å². The third kappa shape index (κ3) is 4.75. The average Bonchev–Trinajstić information content (AvgIpc) is 2.67. The minimum atomic E-state index is -0.363. The summed E-state index contributed by atoms with van der Waals surface area (Å²) in [5, 5.41) is 3.50. The molecule has 4 heteroatoms. The first kappa shape index (κ1) is 15.1. The van der Waals surface area contributed by atoms with Gasteiger partial charge >= 0.3 is 0 Å². The number of aryl methyl sites for hydroxylation is 1. The molecule has 0 unspecified atom stereocenters. The van der Waals surface area contributed by atoms with Crippen LogP contribution in [0.25, 0.3) is 0 Å². The van der Waals surface area contributed by atoms with Crippen LogP contribution in [0.2, 0.25) is 0 Å². The molecule has 1 heterocycles. The normalized spacial score (nSPS) is 10.4. The van der Waals surface area contributed by atoms with Crippen LogP contribution in [-0.2, 0) is 11.2 Å². The molecular formula is C12H22N2OS. The van der Waals surface area contributed by atoms with Crippen molar-refractivity contribution in [2.45, 2.75) is 48.0 Å². The molecule has 0 atom stereocenters. The molecule has 0 aromatic carbocycles. The molecule has 1 amide bonds. The van der Waals surface area contributed by atoms with Crippen molar-refractivity contribution >= 4 is 22.4 Å². The van der Waals surface area contributed by atoms with E-state index < -0.39 is 0 Å². The highest BCUT2D eigenvalue weighted by atomic mass is 32.1. The zero-order valence-corrected chi connectivity index (χ0v) is 11.9. The Morgan fingerprint density at radius 2 is 2.00 bits per heavy atom. The van der Waals surface area contributed by atoms with Gasteiger partial charge in [-0.1, -0.05) is 41.5 Å². The monoisotopic (exact) mass is 242 g/mol. The number of amides is 1. The van der Waals surface area contributed by atoms with Crippen LogP contribution in [0.5, 0.6) is 0 Å². The Labute approximate surface area is 102 Å². The number of nitrogens with zero attached hydrogens (tertiary/aromatic N) is 1. The van der Waals surface area contributed by atoms with E-state index in [1.807, 2.05) is 40.8 Å². The summed E-state index contributed by atoms with van der Waals surface area (Å²) in [6.07, 6.45) is 2.77. The number of carbonyl (C=O) groups excluding carboxylic acids is 1. The Morgan fingerprint density at radius 3 is 2.38 bits per heavy atom. The van der Waals surface area contributed by atoms with E-state index in [4.69, 9.17) is 0 Å². The second-order valence-corrected chi connectivity index (χ2v) is 5.30. The third-order valence-corrected chi connectivity index (χ3v) is 2.86. The number of rotatable bonds is 2. The maximum Gasteiger partial charge on any atom is 0.231 e. The lowest BCUT2D eigenvalue weighted by Crippen LogP contribution is -2.27. The minimum absolute atomic E-state index is 0.00880. The standard InChI is InChI=1S/C10H16N2OS.C2H6/c1-5-7-6-11-9(14-7)12-8(13)10(2,3)4;1-2/h6H,5H2,1-4H3,(H,11,12,13);1-2H3. The number of hydrogen-bond acceptors (Lipinski definition) is 3. The SMILES string of the molecule is CC.CCc1cnc(NC(=O)C(C)(C)C)s1. The third-order valence-electron chi connectivity index (χ3n) is 1.80. The van der Waals surface area contributed by atoms with E-state index in [2.05, 4.69) is 17.2 Å². The summed E-state index contributed by atoms with van der Waals surface area (Å²) >= 11 is 1.53. The molecule has 16 heavy (non-hydrogen) atoms. The van der Waals surface area contributed by atoms with Crippen molar-refractivity contribution in [2.24, 2.45) is 5.41 Å². The predicted octanol–water partition coefficient (Wildman–Crippen LogP) is 3.72. The fourth-order valence-corrected chi connectivity index (χ4v) is 1.56.